The molecule has 0 aliphatic carbocycles. The van der Waals surface area contributed by atoms with E-state index in [4.69, 9.17) is 0 Å². The van der Waals surface area contributed by atoms with Crippen molar-refractivity contribution >= 4 is 0 Å². The van der Waals surface area contributed by atoms with E-state index in [-0.39, 0.29) is 5.92 Å². The van der Waals surface area contributed by atoms with Crippen molar-refractivity contribution in [3.63, 3.8) is 0 Å². The molecule has 0 spiro atoms. The van der Waals surface area contributed by atoms with Gasteiger partial charge >= 0.3 is 0 Å². The van der Waals surface area contributed by atoms with Gasteiger partial charge in [-0.05, 0) is 6.42 Å². The second kappa shape index (κ2) is 5.65. The highest BCUT2D eigenvalue weighted by atomic mass is 15.4. The zero-order valence-corrected chi connectivity index (χ0v) is 7.17. The molecule has 0 aromatic carbocycles. The number of hydrogen-bond acceptors (Lipinski definition) is 2. The van der Waals surface area contributed by atoms with Crippen molar-refractivity contribution in [3.8, 4) is 0 Å². The zero-order valence-electron chi connectivity index (χ0n) is 7.17. The summed E-state index contributed by atoms with van der Waals surface area (Å²) in [5, 5.41) is 7.16. The van der Waals surface area contributed by atoms with Crippen molar-refractivity contribution in [3.05, 3.63) is 24.9 Å². The third kappa shape index (κ3) is 3.55. The molecular weight excluding hydrogens is 138 g/mol. The third-order valence-electron chi connectivity index (χ3n) is 1.47. The quantitative estimate of drug-likeness (QED) is 0.367. The normalized spacial score (nSPS) is 12.9. The van der Waals surface area contributed by atoms with E-state index in [0.29, 0.717) is 0 Å². The van der Waals surface area contributed by atoms with Gasteiger partial charge in [-0.2, -0.15) is 5.11 Å². The first-order chi connectivity index (χ1) is 5.26. The van der Waals surface area contributed by atoms with E-state index < -0.39 is 0 Å². The molecule has 1 atom stereocenters. The number of nitrogens with zero attached hydrogens (tertiary/aromatic N) is 2. The predicted octanol–water partition coefficient (Wildman–Crippen LogP) is 2.30. The Bertz CT molecular complexity index is 161. The summed E-state index contributed by atoms with van der Waals surface area (Å²) >= 11 is 0. The first-order valence-electron chi connectivity index (χ1n) is 3.62. The molecule has 0 aromatic rings. The van der Waals surface area contributed by atoms with Gasteiger partial charge in [-0.3, -0.25) is 5.43 Å². The summed E-state index contributed by atoms with van der Waals surface area (Å²) < 4.78 is 0. The molecule has 62 valence electrons. The van der Waals surface area contributed by atoms with Crippen LogP contribution in [0.4, 0.5) is 0 Å². The molecule has 1 N–H and O–H groups in total. The zero-order chi connectivity index (χ0) is 8.69. The average molecular weight is 153 g/mol. The molecule has 0 saturated heterocycles. The molecule has 0 bridgehead atoms. The molecule has 3 heteroatoms. The van der Waals surface area contributed by atoms with Gasteiger partial charge in [-0.1, -0.05) is 24.8 Å². The van der Waals surface area contributed by atoms with Crippen LogP contribution in [0.2, 0.25) is 0 Å². The van der Waals surface area contributed by atoms with Gasteiger partial charge in [-0.25, -0.2) is 0 Å². The van der Waals surface area contributed by atoms with Crippen molar-refractivity contribution in [1.82, 2.24) is 5.43 Å². The molecule has 0 amide bonds. The summed E-state index contributed by atoms with van der Waals surface area (Å²) in [4.78, 5) is 0. The van der Waals surface area contributed by atoms with E-state index in [1.807, 2.05) is 6.08 Å². The van der Waals surface area contributed by atoms with E-state index in [0.717, 1.165) is 12.1 Å². The van der Waals surface area contributed by atoms with Gasteiger partial charge in [0.1, 0.15) is 0 Å². The van der Waals surface area contributed by atoms with Crippen LogP contribution in [0.3, 0.4) is 0 Å². The summed E-state index contributed by atoms with van der Waals surface area (Å²) in [7, 11) is 1.61. The van der Waals surface area contributed by atoms with Gasteiger partial charge in [0.25, 0.3) is 0 Å². The Morgan fingerprint density at radius 1 is 1.73 bits per heavy atom. The molecular formula is C8H15N3. The lowest BCUT2D eigenvalue weighted by Crippen LogP contribution is -2.11. The van der Waals surface area contributed by atoms with Crippen LogP contribution < -0.4 is 5.43 Å². The van der Waals surface area contributed by atoms with E-state index >= 15 is 0 Å². The van der Waals surface area contributed by atoms with Gasteiger partial charge in [-0.15, -0.1) is 6.58 Å². The van der Waals surface area contributed by atoms with Gasteiger partial charge in [0, 0.05) is 11.6 Å². The Kier molecular flexibility index (Phi) is 5.07. The number of hydrogen-bond donors (Lipinski definition) is 1. The number of nitrogens with one attached hydrogen (secondary N) is 1. The maximum absolute atomic E-state index is 3.80. The molecule has 0 aliphatic rings. The maximum atomic E-state index is 3.80. The highest BCUT2D eigenvalue weighted by molar-refractivity contribution is 5.03. The fourth-order valence-corrected chi connectivity index (χ4v) is 0.752. The minimum absolute atomic E-state index is 0.278. The van der Waals surface area contributed by atoms with Crippen molar-refractivity contribution in [2.45, 2.75) is 13.3 Å². The number of rotatable bonds is 5. The number of allylic oxidation sites excluding steroid dienone is 1. The summed E-state index contributed by atoms with van der Waals surface area (Å²) in [5.41, 5.74) is 3.57. The lowest BCUT2D eigenvalue weighted by atomic mass is 10.0. The fraction of sp³-hybridized carbons (Fsp3) is 0.500. The molecule has 0 aromatic heterocycles. The standard InChI is InChI=1S/C8H15N3/c1-5-8(6-2)7(3)10-11-9-4/h5,8H,1,3,6H2,2,4H3,(H,9,10). The summed E-state index contributed by atoms with van der Waals surface area (Å²) in [5.74, 6) is 0.278. The van der Waals surface area contributed by atoms with Crippen molar-refractivity contribution < 1.29 is 0 Å². The molecule has 0 fully saturated rings. The lowest BCUT2D eigenvalue weighted by molar-refractivity contribution is 0.639. The minimum Gasteiger partial charge on any atom is -0.264 e. The lowest BCUT2D eigenvalue weighted by Gasteiger charge is -2.10. The third-order valence-corrected chi connectivity index (χ3v) is 1.47. The summed E-state index contributed by atoms with van der Waals surface area (Å²) in [6, 6.07) is 0. The van der Waals surface area contributed by atoms with Crippen molar-refractivity contribution in [2.24, 2.45) is 16.3 Å². The summed E-state index contributed by atoms with van der Waals surface area (Å²) in [6.07, 6.45) is 2.83. The van der Waals surface area contributed by atoms with E-state index in [2.05, 4.69) is 35.8 Å². The van der Waals surface area contributed by atoms with Gasteiger partial charge in [0.05, 0.1) is 7.05 Å². The van der Waals surface area contributed by atoms with Crippen LogP contribution in [0.1, 0.15) is 13.3 Å². The Morgan fingerprint density at radius 2 is 2.36 bits per heavy atom. The Hall–Kier alpha value is -1.12. The second-order valence-electron chi connectivity index (χ2n) is 2.19. The fourth-order valence-electron chi connectivity index (χ4n) is 0.752. The first kappa shape index (κ1) is 9.88. The molecule has 0 saturated carbocycles. The average Bonchev–Trinajstić information content (AvgIpc) is 2.03. The molecule has 1 unspecified atom stereocenters. The highest BCUT2D eigenvalue weighted by Gasteiger charge is 2.03. The SMILES string of the molecule is C=CC(CC)C(=C)NN=NC. The molecule has 11 heavy (non-hydrogen) atoms. The van der Waals surface area contributed by atoms with Gasteiger partial charge in [0.15, 0.2) is 0 Å². The van der Waals surface area contributed by atoms with Gasteiger partial charge in [0.2, 0.25) is 0 Å². The summed E-state index contributed by atoms with van der Waals surface area (Å²) in [6.45, 7) is 9.56. The van der Waals surface area contributed by atoms with E-state index in [9.17, 15) is 0 Å². The van der Waals surface area contributed by atoms with Crippen molar-refractivity contribution in [1.29, 1.82) is 0 Å². The monoisotopic (exact) mass is 153 g/mol. The second-order valence-corrected chi connectivity index (χ2v) is 2.19. The molecule has 0 rings (SSSR count). The van der Waals surface area contributed by atoms with Crippen LogP contribution >= 0.6 is 0 Å². The van der Waals surface area contributed by atoms with Crippen LogP contribution in [-0.4, -0.2) is 7.05 Å². The molecule has 0 heterocycles. The minimum atomic E-state index is 0.278. The van der Waals surface area contributed by atoms with Crippen LogP contribution in [-0.2, 0) is 0 Å². The molecule has 3 nitrogen and oxygen atoms in total. The van der Waals surface area contributed by atoms with Crippen LogP contribution in [0.5, 0.6) is 0 Å². The van der Waals surface area contributed by atoms with Crippen LogP contribution in [0.15, 0.2) is 35.3 Å². The molecule has 0 aliphatic heterocycles. The largest absolute Gasteiger partial charge is 0.264 e. The maximum Gasteiger partial charge on any atom is 0.0509 e. The van der Waals surface area contributed by atoms with E-state index in [1.54, 1.807) is 7.05 Å². The van der Waals surface area contributed by atoms with E-state index in [1.165, 1.54) is 0 Å². The van der Waals surface area contributed by atoms with Crippen LogP contribution in [0, 0.1) is 5.92 Å². The first-order valence-corrected chi connectivity index (χ1v) is 3.62. The highest BCUT2D eigenvalue weighted by Crippen LogP contribution is 2.10. The smallest absolute Gasteiger partial charge is 0.0509 e. The van der Waals surface area contributed by atoms with Gasteiger partial charge < -0.3 is 0 Å². The Balaban J connectivity index is 3.88. The molecule has 0 radical (unpaired) electrons. The van der Waals surface area contributed by atoms with Crippen LogP contribution in [0.25, 0.3) is 0 Å². The Morgan fingerprint density at radius 3 is 2.73 bits per heavy atom. The Labute approximate surface area is 67.9 Å². The predicted molar refractivity (Wildman–Crippen MR) is 47.0 cm³/mol. The topological polar surface area (TPSA) is 36.8 Å². The van der Waals surface area contributed by atoms with Crippen molar-refractivity contribution in [2.75, 3.05) is 7.05 Å².